The second-order valence-corrected chi connectivity index (χ2v) is 5.32. The van der Waals surface area contributed by atoms with E-state index in [0.29, 0.717) is 6.54 Å². The third-order valence-electron chi connectivity index (χ3n) is 3.35. The summed E-state index contributed by atoms with van der Waals surface area (Å²) >= 11 is 6.21. The topological polar surface area (TPSA) is 27.1 Å². The molecule has 0 saturated heterocycles. The molecule has 0 N–H and O–H groups in total. The Bertz CT molecular complexity index is 576. The van der Waals surface area contributed by atoms with E-state index in [1.807, 2.05) is 36.7 Å². The van der Waals surface area contributed by atoms with Gasteiger partial charge in [-0.05, 0) is 26.8 Å². The Hall–Kier alpha value is -1.48. The molecule has 1 heterocycles. The molecule has 0 aliphatic heterocycles. The predicted octanol–water partition coefficient (Wildman–Crippen LogP) is 3.86. The summed E-state index contributed by atoms with van der Waals surface area (Å²) in [6, 6.07) is 8.00. The number of nitrogens with zero attached hydrogens (tertiary/aromatic N) is 2. The molecular formula is C15H19ClN2O. The zero-order valence-electron chi connectivity index (χ0n) is 11.8. The Morgan fingerprint density at radius 2 is 2.00 bits per heavy atom. The smallest absolute Gasteiger partial charge is 0.123 e. The van der Waals surface area contributed by atoms with Crippen molar-refractivity contribution in [1.82, 2.24) is 9.78 Å². The lowest BCUT2D eigenvalue weighted by atomic mass is 10.1. The van der Waals surface area contributed by atoms with Gasteiger partial charge < -0.3 is 4.74 Å². The Morgan fingerprint density at radius 3 is 2.58 bits per heavy atom. The van der Waals surface area contributed by atoms with Gasteiger partial charge in [-0.15, -0.1) is 11.6 Å². The minimum Gasteiger partial charge on any atom is -0.496 e. The molecule has 0 amide bonds. The average Bonchev–Trinajstić information content (AvgIpc) is 2.65. The molecule has 0 saturated carbocycles. The molecule has 2 aromatic rings. The number of benzene rings is 1. The number of alkyl halides is 1. The van der Waals surface area contributed by atoms with Crippen molar-refractivity contribution in [3.8, 4) is 5.75 Å². The second-order valence-electron chi connectivity index (χ2n) is 4.67. The molecule has 19 heavy (non-hydrogen) atoms. The SMILES string of the molecule is COc1ccccc1Cn1nc(C)c(C(C)Cl)c1C. The van der Waals surface area contributed by atoms with Gasteiger partial charge in [-0.2, -0.15) is 5.10 Å². The van der Waals surface area contributed by atoms with Gasteiger partial charge in [0, 0.05) is 16.8 Å². The van der Waals surface area contributed by atoms with Crippen molar-refractivity contribution in [2.75, 3.05) is 7.11 Å². The van der Waals surface area contributed by atoms with Gasteiger partial charge in [-0.1, -0.05) is 18.2 Å². The highest BCUT2D eigenvalue weighted by molar-refractivity contribution is 6.20. The second kappa shape index (κ2) is 5.66. The molecule has 1 unspecified atom stereocenters. The molecule has 0 radical (unpaired) electrons. The van der Waals surface area contributed by atoms with Crippen LogP contribution in [-0.4, -0.2) is 16.9 Å². The number of halogens is 1. The van der Waals surface area contributed by atoms with Crippen LogP contribution in [0.2, 0.25) is 0 Å². The Kier molecular flexibility index (Phi) is 4.15. The van der Waals surface area contributed by atoms with Crippen molar-refractivity contribution < 1.29 is 4.74 Å². The summed E-state index contributed by atoms with van der Waals surface area (Å²) < 4.78 is 7.36. The number of aromatic nitrogens is 2. The van der Waals surface area contributed by atoms with Gasteiger partial charge in [0.15, 0.2) is 0 Å². The first-order valence-corrected chi connectivity index (χ1v) is 6.78. The van der Waals surface area contributed by atoms with Crippen LogP contribution in [0.4, 0.5) is 0 Å². The fraction of sp³-hybridized carbons (Fsp3) is 0.400. The van der Waals surface area contributed by atoms with Gasteiger partial charge in [0.25, 0.3) is 0 Å². The monoisotopic (exact) mass is 278 g/mol. The molecule has 1 aromatic carbocycles. The van der Waals surface area contributed by atoms with Gasteiger partial charge in [0.05, 0.1) is 24.7 Å². The summed E-state index contributed by atoms with van der Waals surface area (Å²) in [4.78, 5) is 0. The lowest BCUT2D eigenvalue weighted by Gasteiger charge is -2.10. The van der Waals surface area contributed by atoms with Crippen molar-refractivity contribution in [2.24, 2.45) is 0 Å². The molecule has 102 valence electrons. The highest BCUT2D eigenvalue weighted by Gasteiger charge is 2.16. The summed E-state index contributed by atoms with van der Waals surface area (Å²) in [5.41, 5.74) is 4.35. The fourth-order valence-corrected chi connectivity index (χ4v) is 2.75. The number of hydrogen-bond donors (Lipinski definition) is 0. The van der Waals surface area contributed by atoms with Crippen molar-refractivity contribution in [3.63, 3.8) is 0 Å². The molecule has 0 bridgehead atoms. The molecule has 4 heteroatoms. The maximum absolute atomic E-state index is 6.21. The first-order chi connectivity index (χ1) is 9.04. The standard InChI is InChI=1S/C15H19ClN2O/c1-10(16)15-11(2)17-18(12(15)3)9-13-7-5-6-8-14(13)19-4/h5-8,10H,9H2,1-4H3. The molecule has 3 nitrogen and oxygen atoms in total. The summed E-state index contributed by atoms with van der Waals surface area (Å²) in [7, 11) is 1.69. The number of hydrogen-bond acceptors (Lipinski definition) is 2. The molecule has 2 rings (SSSR count). The predicted molar refractivity (Wildman–Crippen MR) is 78.1 cm³/mol. The van der Waals surface area contributed by atoms with E-state index in [1.165, 1.54) is 0 Å². The van der Waals surface area contributed by atoms with Crippen LogP contribution >= 0.6 is 11.6 Å². The van der Waals surface area contributed by atoms with E-state index in [4.69, 9.17) is 16.3 Å². The number of methoxy groups -OCH3 is 1. The highest BCUT2D eigenvalue weighted by atomic mass is 35.5. The van der Waals surface area contributed by atoms with E-state index >= 15 is 0 Å². The summed E-state index contributed by atoms with van der Waals surface area (Å²) in [6.07, 6.45) is 0. The molecule has 0 spiro atoms. The molecule has 1 atom stereocenters. The minimum atomic E-state index is -0.0218. The minimum absolute atomic E-state index is 0.0218. The molecule has 1 aromatic heterocycles. The number of para-hydroxylation sites is 1. The maximum atomic E-state index is 6.21. The van der Waals surface area contributed by atoms with E-state index < -0.39 is 0 Å². The normalized spacial score (nSPS) is 12.5. The third kappa shape index (κ3) is 2.76. The lowest BCUT2D eigenvalue weighted by Crippen LogP contribution is -2.05. The zero-order valence-corrected chi connectivity index (χ0v) is 12.5. The highest BCUT2D eigenvalue weighted by Crippen LogP contribution is 2.27. The quantitative estimate of drug-likeness (QED) is 0.794. The molecular weight excluding hydrogens is 260 g/mol. The van der Waals surface area contributed by atoms with Crippen LogP contribution in [0.25, 0.3) is 0 Å². The number of aryl methyl sites for hydroxylation is 1. The van der Waals surface area contributed by atoms with Gasteiger partial charge >= 0.3 is 0 Å². The molecule has 0 aliphatic rings. The fourth-order valence-electron chi connectivity index (χ4n) is 2.44. The van der Waals surface area contributed by atoms with E-state index in [2.05, 4.69) is 18.1 Å². The Labute approximate surface area is 119 Å². The van der Waals surface area contributed by atoms with Gasteiger partial charge in [0.1, 0.15) is 5.75 Å². The molecule has 0 fully saturated rings. The third-order valence-corrected chi connectivity index (χ3v) is 3.57. The largest absolute Gasteiger partial charge is 0.496 e. The van der Waals surface area contributed by atoms with Gasteiger partial charge in [-0.3, -0.25) is 4.68 Å². The summed E-state index contributed by atoms with van der Waals surface area (Å²) in [6.45, 7) is 6.73. The first-order valence-electron chi connectivity index (χ1n) is 6.34. The average molecular weight is 279 g/mol. The van der Waals surface area contributed by atoms with E-state index in [-0.39, 0.29) is 5.38 Å². The number of rotatable bonds is 4. The molecule has 0 aliphatic carbocycles. The van der Waals surface area contributed by atoms with Crippen molar-refractivity contribution >= 4 is 11.6 Å². The van der Waals surface area contributed by atoms with Crippen LogP contribution in [0.5, 0.6) is 5.75 Å². The Morgan fingerprint density at radius 1 is 1.32 bits per heavy atom. The van der Waals surface area contributed by atoms with E-state index in [9.17, 15) is 0 Å². The number of ether oxygens (including phenoxy) is 1. The lowest BCUT2D eigenvalue weighted by molar-refractivity contribution is 0.407. The van der Waals surface area contributed by atoms with Crippen LogP contribution in [-0.2, 0) is 6.54 Å². The van der Waals surface area contributed by atoms with Crippen molar-refractivity contribution in [2.45, 2.75) is 32.7 Å². The van der Waals surface area contributed by atoms with Crippen LogP contribution in [0.1, 0.15) is 34.8 Å². The van der Waals surface area contributed by atoms with Crippen molar-refractivity contribution in [1.29, 1.82) is 0 Å². The zero-order chi connectivity index (χ0) is 14.0. The Balaban J connectivity index is 2.36. The van der Waals surface area contributed by atoms with Crippen LogP contribution < -0.4 is 4.74 Å². The maximum Gasteiger partial charge on any atom is 0.123 e. The van der Waals surface area contributed by atoms with Crippen LogP contribution in [0.15, 0.2) is 24.3 Å². The van der Waals surface area contributed by atoms with Gasteiger partial charge in [-0.25, -0.2) is 0 Å². The van der Waals surface area contributed by atoms with Crippen LogP contribution in [0.3, 0.4) is 0 Å². The first kappa shape index (κ1) is 13.9. The van der Waals surface area contributed by atoms with Crippen molar-refractivity contribution in [3.05, 3.63) is 46.8 Å². The van der Waals surface area contributed by atoms with E-state index in [1.54, 1.807) is 7.11 Å². The summed E-state index contributed by atoms with van der Waals surface area (Å²) in [5.74, 6) is 0.885. The van der Waals surface area contributed by atoms with Crippen LogP contribution in [0, 0.1) is 13.8 Å². The summed E-state index contributed by atoms with van der Waals surface area (Å²) in [5, 5.41) is 4.56. The van der Waals surface area contributed by atoms with E-state index in [0.717, 1.165) is 28.3 Å². The van der Waals surface area contributed by atoms with Gasteiger partial charge in [0.2, 0.25) is 0 Å².